The topological polar surface area (TPSA) is 48.7 Å². The van der Waals surface area contributed by atoms with Crippen LogP contribution in [0.5, 0.6) is 11.5 Å². The normalized spacial score (nSPS) is 13.3. The molecule has 1 aliphatic rings. The Morgan fingerprint density at radius 1 is 0.773 bits per heavy atom. The highest BCUT2D eigenvalue weighted by Crippen LogP contribution is 2.36. The quantitative estimate of drug-likeness (QED) is 0.462. The number of rotatable bonds is 0. The molecule has 0 amide bonds. The van der Waals surface area contributed by atoms with Crippen LogP contribution in [-0.2, 0) is 0 Å². The highest BCUT2D eigenvalue weighted by molar-refractivity contribution is 5.99. The van der Waals surface area contributed by atoms with Crippen molar-refractivity contribution in [1.29, 1.82) is 0 Å². The Hall–Kier alpha value is -3.01. The third-order valence-electron chi connectivity index (χ3n) is 4.03. The van der Waals surface area contributed by atoms with Gasteiger partial charge in [-0.3, -0.25) is 4.79 Å². The minimum atomic E-state index is -0.0553. The van der Waals surface area contributed by atoms with Crippen molar-refractivity contribution in [2.75, 3.05) is 6.79 Å². The van der Waals surface area contributed by atoms with E-state index in [4.69, 9.17) is 13.9 Å². The summed E-state index contributed by atoms with van der Waals surface area (Å²) < 4.78 is 16.6. The van der Waals surface area contributed by atoms with Gasteiger partial charge in [0.15, 0.2) is 11.5 Å². The maximum atomic E-state index is 12.8. The van der Waals surface area contributed by atoms with Crippen molar-refractivity contribution in [1.82, 2.24) is 0 Å². The van der Waals surface area contributed by atoms with E-state index >= 15 is 0 Å². The second-order valence-corrected chi connectivity index (χ2v) is 5.33. The first-order chi connectivity index (χ1) is 10.8. The van der Waals surface area contributed by atoms with E-state index in [0.717, 1.165) is 10.8 Å². The van der Waals surface area contributed by atoms with Gasteiger partial charge in [-0.1, -0.05) is 24.3 Å². The van der Waals surface area contributed by atoms with E-state index in [1.807, 2.05) is 36.4 Å². The summed E-state index contributed by atoms with van der Waals surface area (Å²) in [5, 5.41) is 3.14. The molecule has 0 spiro atoms. The number of hydrogen-bond acceptors (Lipinski definition) is 4. The smallest absolute Gasteiger partial charge is 0.231 e. The maximum Gasteiger partial charge on any atom is 0.231 e. The van der Waals surface area contributed by atoms with Crippen LogP contribution in [-0.4, -0.2) is 6.79 Å². The molecule has 0 unspecified atom stereocenters. The van der Waals surface area contributed by atoms with Crippen LogP contribution in [0.3, 0.4) is 0 Å². The number of hydrogen-bond donors (Lipinski definition) is 0. The minimum absolute atomic E-state index is 0.0553. The Bertz CT molecular complexity index is 1120. The summed E-state index contributed by atoms with van der Waals surface area (Å²) in [6.07, 6.45) is 0. The summed E-state index contributed by atoms with van der Waals surface area (Å²) in [5.74, 6) is 1.19. The molecule has 0 saturated heterocycles. The van der Waals surface area contributed by atoms with E-state index in [1.54, 1.807) is 12.1 Å². The molecular weight excluding hydrogens is 280 g/mol. The van der Waals surface area contributed by atoms with E-state index in [-0.39, 0.29) is 12.2 Å². The number of fused-ring (bicyclic) bond motifs is 4. The van der Waals surface area contributed by atoms with E-state index < -0.39 is 0 Å². The summed E-state index contributed by atoms with van der Waals surface area (Å²) in [4.78, 5) is 12.8. The summed E-state index contributed by atoms with van der Waals surface area (Å²) in [7, 11) is 0. The molecule has 3 aromatic carbocycles. The van der Waals surface area contributed by atoms with Crippen molar-refractivity contribution in [3.8, 4) is 11.5 Å². The summed E-state index contributed by atoms with van der Waals surface area (Å²) in [6, 6.07) is 15.1. The van der Waals surface area contributed by atoms with Crippen molar-refractivity contribution < 1.29 is 13.9 Å². The van der Waals surface area contributed by atoms with Crippen LogP contribution in [0.2, 0.25) is 0 Å². The van der Waals surface area contributed by atoms with Crippen LogP contribution >= 0.6 is 0 Å². The molecule has 0 radical (unpaired) electrons. The lowest BCUT2D eigenvalue weighted by atomic mass is 10.1. The van der Waals surface area contributed by atoms with Crippen LogP contribution in [0.15, 0.2) is 57.7 Å². The second kappa shape index (κ2) is 4.01. The Labute approximate surface area is 124 Å². The zero-order valence-electron chi connectivity index (χ0n) is 11.5. The van der Waals surface area contributed by atoms with Gasteiger partial charge in [-0.25, -0.2) is 0 Å². The van der Waals surface area contributed by atoms with Gasteiger partial charge in [0.25, 0.3) is 0 Å². The minimum Gasteiger partial charge on any atom is -0.456 e. The Kier molecular flexibility index (Phi) is 2.12. The van der Waals surface area contributed by atoms with Gasteiger partial charge in [0.05, 0.1) is 10.8 Å². The van der Waals surface area contributed by atoms with Gasteiger partial charge in [0, 0.05) is 6.07 Å². The van der Waals surface area contributed by atoms with Gasteiger partial charge in [0.2, 0.25) is 12.2 Å². The first kappa shape index (κ1) is 11.6. The standard InChI is InChI=1S/C18H10O4/c19-18-12-5-10-3-1-2-4-11(10)6-14(12)22-15-8-17-16(7-13(15)18)20-9-21-17/h1-8H,9H2. The Balaban J connectivity index is 1.97. The van der Waals surface area contributed by atoms with Gasteiger partial charge >= 0.3 is 0 Å². The molecule has 106 valence electrons. The average molecular weight is 290 g/mol. The molecule has 1 aliphatic heterocycles. The average Bonchev–Trinajstić information content (AvgIpc) is 2.99. The molecule has 4 heteroatoms. The fourth-order valence-electron chi connectivity index (χ4n) is 2.93. The highest BCUT2D eigenvalue weighted by atomic mass is 16.7. The van der Waals surface area contributed by atoms with Crippen LogP contribution in [0.1, 0.15) is 0 Å². The molecular formula is C18H10O4. The molecule has 0 aliphatic carbocycles. The van der Waals surface area contributed by atoms with E-state index in [2.05, 4.69) is 0 Å². The zero-order chi connectivity index (χ0) is 14.7. The molecule has 5 rings (SSSR count). The maximum absolute atomic E-state index is 12.8. The summed E-state index contributed by atoms with van der Waals surface area (Å²) in [5.41, 5.74) is 1.03. The van der Waals surface area contributed by atoms with Crippen molar-refractivity contribution >= 4 is 32.7 Å². The van der Waals surface area contributed by atoms with Crippen molar-refractivity contribution in [3.05, 3.63) is 58.8 Å². The van der Waals surface area contributed by atoms with E-state index in [9.17, 15) is 4.79 Å². The first-order valence-electron chi connectivity index (χ1n) is 6.98. The molecule has 4 aromatic rings. The largest absolute Gasteiger partial charge is 0.456 e. The predicted octanol–water partition coefficient (Wildman–Crippen LogP) is 3.83. The molecule has 22 heavy (non-hydrogen) atoms. The van der Waals surface area contributed by atoms with Crippen molar-refractivity contribution in [2.24, 2.45) is 0 Å². The van der Waals surface area contributed by atoms with Crippen molar-refractivity contribution in [3.63, 3.8) is 0 Å². The van der Waals surface area contributed by atoms with E-state index in [0.29, 0.717) is 33.4 Å². The molecule has 4 nitrogen and oxygen atoms in total. The number of benzene rings is 3. The van der Waals surface area contributed by atoms with Gasteiger partial charge in [-0.05, 0) is 29.0 Å². The Morgan fingerprint density at radius 2 is 1.41 bits per heavy atom. The fourth-order valence-corrected chi connectivity index (χ4v) is 2.93. The molecule has 0 N–H and O–H groups in total. The predicted molar refractivity (Wildman–Crippen MR) is 83.6 cm³/mol. The molecule has 0 bridgehead atoms. The first-order valence-corrected chi connectivity index (χ1v) is 6.98. The lowest BCUT2D eigenvalue weighted by Crippen LogP contribution is -2.02. The summed E-state index contributed by atoms with van der Waals surface area (Å²) in [6.45, 7) is 0.170. The zero-order valence-corrected chi connectivity index (χ0v) is 11.5. The number of ether oxygens (including phenoxy) is 2. The lowest BCUT2D eigenvalue weighted by Gasteiger charge is -2.05. The molecule has 0 atom stereocenters. The highest BCUT2D eigenvalue weighted by Gasteiger charge is 2.18. The monoisotopic (exact) mass is 290 g/mol. The second-order valence-electron chi connectivity index (χ2n) is 5.33. The molecule has 1 aromatic heterocycles. The SMILES string of the molecule is O=c1c2cc3c(cc2oc2cc4ccccc4cc12)OCO3. The third kappa shape index (κ3) is 1.49. The van der Waals surface area contributed by atoms with E-state index in [1.165, 1.54) is 0 Å². The van der Waals surface area contributed by atoms with Crippen LogP contribution in [0, 0.1) is 0 Å². The molecule has 0 saturated carbocycles. The lowest BCUT2D eigenvalue weighted by molar-refractivity contribution is 0.174. The van der Waals surface area contributed by atoms with Gasteiger partial charge in [-0.2, -0.15) is 0 Å². The Morgan fingerprint density at radius 3 is 2.23 bits per heavy atom. The van der Waals surface area contributed by atoms with Gasteiger partial charge in [-0.15, -0.1) is 0 Å². The van der Waals surface area contributed by atoms with Crippen molar-refractivity contribution in [2.45, 2.75) is 0 Å². The summed E-state index contributed by atoms with van der Waals surface area (Å²) >= 11 is 0. The molecule has 2 heterocycles. The van der Waals surface area contributed by atoms with Gasteiger partial charge < -0.3 is 13.9 Å². The van der Waals surface area contributed by atoms with Crippen LogP contribution < -0.4 is 14.9 Å². The van der Waals surface area contributed by atoms with Gasteiger partial charge in [0.1, 0.15) is 11.2 Å². The molecule has 0 fully saturated rings. The van der Waals surface area contributed by atoms with Crippen LogP contribution in [0.25, 0.3) is 32.7 Å². The van der Waals surface area contributed by atoms with Crippen LogP contribution in [0.4, 0.5) is 0 Å². The third-order valence-corrected chi connectivity index (χ3v) is 4.03. The fraction of sp³-hybridized carbons (Fsp3) is 0.0556.